The zero-order chi connectivity index (χ0) is 29.9. The van der Waals surface area contributed by atoms with Gasteiger partial charge < -0.3 is 14.6 Å². The van der Waals surface area contributed by atoms with Gasteiger partial charge in [0, 0.05) is 10.6 Å². The van der Waals surface area contributed by atoms with Crippen molar-refractivity contribution < 1.29 is 24.2 Å². The molecule has 1 unspecified atom stereocenters. The number of hydrogen-bond donors (Lipinski definition) is 1. The van der Waals surface area contributed by atoms with Crippen LogP contribution in [0.25, 0.3) is 16.0 Å². The number of thiazole rings is 1. The van der Waals surface area contributed by atoms with Crippen molar-refractivity contribution in [3.63, 3.8) is 0 Å². The van der Waals surface area contributed by atoms with Gasteiger partial charge in [0.2, 0.25) is 0 Å². The van der Waals surface area contributed by atoms with Gasteiger partial charge >= 0.3 is 5.91 Å². The van der Waals surface area contributed by atoms with Gasteiger partial charge in [-0.2, -0.15) is 0 Å². The van der Waals surface area contributed by atoms with Crippen LogP contribution in [0.2, 0.25) is 5.02 Å². The number of hydrogen-bond acceptors (Lipinski definition) is 7. The number of nitrogens with zero attached hydrogens (tertiary/aromatic N) is 2. The molecule has 0 saturated carbocycles. The van der Waals surface area contributed by atoms with E-state index in [0.717, 1.165) is 16.7 Å². The highest BCUT2D eigenvalue weighted by atomic mass is 35.5. The molecule has 0 aliphatic carbocycles. The first-order valence-corrected chi connectivity index (χ1v) is 15.0. The third kappa shape index (κ3) is 5.84. The molecule has 4 aromatic carbocycles. The second-order valence-corrected chi connectivity index (χ2v) is 11.4. The molecule has 0 spiro atoms. The molecule has 6 rings (SSSR count). The number of anilines is 1. The molecular weight excluding hydrogens is 584 g/mol. The van der Waals surface area contributed by atoms with Crippen molar-refractivity contribution >= 4 is 55.7 Å². The minimum absolute atomic E-state index is 0.0344. The molecule has 1 amide bonds. The molecule has 2 heterocycles. The largest absolute Gasteiger partial charge is 0.507 e. The molecule has 1 atom stereocenters. The third-order valence-electron chi connectivity index (χ3n) is 7.01. The highest BCUT2D eigenvalue weighted by Crippen LogP contribution is 2.45. The Balaban J connectivity index is 1.42. The summed E-state index contributed by atoms with van der Waals surface area (Å²) in [6.45, 7) is 2.90. The molecule has 1 fully saturated rings. The van der Waals surface area contributed by atoms with E-state index in [4.69, 9.17) is 21.1 Å². The predicted octanol–water partition coefficient (Wildman–Crippen LogP) is 7.94. The highest BCUT2D eigenvalue weighted by Gasteiger charge is 2.48. The normalized spacial score (nSPS) is 16.1. The molecule has 5 aromatic rings. The summed E-state index contributed by atoms with van der Waals surface area (Å²) in [5.41, 5.74) is 2.63. The summed E-state index contributed by atoms with van der Waals surface area (Å²) in [5, 5.41) is 12.4. The summed E-state index contributed by atoms with van der Waals surface area (Å²) in [6, 6.07) is 28.2. The first kappa shape index (κ1) is 28.5. The second kappa shape index (κ2) is 12.3. The maximum Gasteiger partial charge on any atom is 0.301 e. The molecular formula is C34H27ClN2O5S. The van der Waals surface area contributed by atoms with Crippen molar-refractivity contribution in [3.8, 4) is 11.5 Å². The van der Waals surface area contributed by atoms with E-state index in [1.807, 2.05) is 37.3 Å². The summed E-state index contributed by atoms with van der Waals surface area (Å²) < 4.78 is 12.5. The van der Waals surface area contributed by atoms with Gasteiger partial charge in [0.05, 0.1) is 28.4 Å². The van der Waals surface area contributed by atoms with E-state index in [0.29, 0.717) is 51.5 Å². The number of carbonyl (C=O) groups excluding carboxylic acids is 2. The van der Waals surface area contributed by atoms with Crippen LogP contribution in [0.1, 0.15) is 36.1 Å². The molecule has 1 aliphatic rings. The molecule has 1 aliphatic heterocycles. The molecule has 9 heteroatoms. The van der Waals surface area contributed by atoms with Crippen LogP contribution in [-0.2, 0) is 16.2 Å². The first-order chi connectivity index (χ1) is 20.9. The maximum atomic E-state index is 13.6. The Labute approximate surface area is 257 Å². The predicted molar refractivity (Wildman–Crippen MR) is 169 cm³/mol. The standard InChI is InChI=1S/C34H27ClN2O5S/c1-2-17-41-26-10-6-9-23(18-26)31(38)29-30(22-11-14-25(15-12-22)42-20-21-7-4-3-5-8-21)37(33(40)32(29)39)34-36-27-16-13-24(35)19-28(27)43-34/h3-16,18-19,30,38H,2,17,20H2,1H3. The van der Waals surface area contributed by atoms with Crippen molar-refractivity contribution in [2.45, 2.75) is 26.0 Å². The van der Waals surface area contributed by atoms with Crippen LogP contribution in [-0.4, -0.2) is 28.4 Å². The van der Waals surface area contributed by atoms with Crippen molar-refractivity contribution in [3.05, 3.63) is 124 Å². The molecule has 216 valence electrons. The van der Waals surface area contributed by atoms with E-state index in [-0.39, 0.29) is 11.3 Å². The van der Waals surface area contributed by atoms with Gasteiger partial charge in [-0.1, -0.05) is 84.5 Å². The van der Waals surface area contributed by atoms with Crippen molar-refractivity contribution in [1.29, 1.82) is 0 Å². The second-order valence-electron chi connectivity index (χ2n) is 10.00. The van der Waals surface area contributed by atoms with Crippen LogP contribution in [0.4, 0.5) is 5.13 Å². The van der Waals surface area contributed by atoms with Crippen molar-refractivity contribution in [2.75, 3.05) is 11.5 Å². The van der Waals surface area contributed by atoms with Gasteiger partial charge in [-0.3, -0.25) is 14.5 Å². The van der Waals surface area contributed by atoms with Gasteiger partial charge in [-0.15, -0.1) is 0 Å². The van der Waals surface area contributed by atoms with Gasteiger partial charge in [-0.25, -0.2) is 4.98 Å². The van der Waals surface area contributed by atoms with Crippen LogP contribution < -0.4 is 14.4 Å². The number of aliphatic hydroxyl groups is 1. The van der Waals surface area contributed by atoms with E-state index < -0.39 is 17.7 Å². The number of halogens is 1. The number of Topliss-reactive ketones (excluding diaryl/α,β-unsaturated/α-hetero) is 1. The number of ether oxygens (including phenoxy) is 2. The number of aromatic nitrogens is 1. The number of fused-ring (bicyclic) bond motifs is 1. The lowest BCUT2D eigenvalue weighted by atomic mass is 9.95. The van der Waals surface area contributed by atoms with E-state index in [1.54, 1.807) is 66.7 Å². The minimum atomic E-state index is -0.931. The summed E-state index contributed by atoms with van der Waals surface area (Å²) in [4.78, 5) is 33.3. The zero-order valence-corrected chi connectivity index (χ0v) is 24.8. The van der Waals surface area contributed by atoms with Gasteiger partial charge in [0.1, 0.15) is 23.9 Å². The fourth-order valence-electron chi connectivity index (χ4n) is 4.93. The third-order valence-corrected chi connectivity index (χ3v) is 8.27. The maximum absolute atomic E-state index is 13.6. The smallest absolute Gasteiger partial charge is 0.301 e. The summed E-state index contributed by atoms with van der Waals surface area (Å²) in [6.07, 6.45) is 0.819. The average molecular weight is 611 g/mol. The number of carbonyl (C=O) groups is 2. The zero-order valence-electron chi connectivity index (χ0n) is 23.2. The lowest BCUT2D eigenvalue weighted by molar-refractivity contribution is -0.132. The van der Waals surface area contributed by atoms with Crippen LogP contribution in [0.5, 0.6) is 11.5 Å². The van der Waals surface area contributed by atoms with Crippen LogP contribution in [0.15, 0.2) is 103 Å². The highest BCUT2D eigenvalue weighted by molar-refractivity contribution is 7.22. The summed E-state index contributed by atoms with van der Waals surface area (Å²) in [7, 11) is 0. The Kier molecular flexibility index (Phi) is 8.13. The quantitative estimate of drug-likeness (QED) is 0.103. The topological polar surface area (TPSA) is 89.0 Å². The minimum Gasteiger partial charge on any atom is -0.507 e. The fourth-order valence-corrected chi connectivity index (χ4v) is 6.20. The Morgan fingerprint density at radius 2 is 1.72 bits per heavy atom. The summed E-state index contributed by atoms with van der Waals surface area (Å²) >= 11 is 7.45. The van der Waals surface area contributed by atoms with Gasteiger partial charge in [0.15, 0.2) is 5.13 Å². The lowest BCUT2D eigenvalue weighted by Crippen LogP contribution is -2.29. The molecule has 1 N–H and O–H groups in total. The Hall–Kier alpha value is -4.66. The molecule has 43 heavy (non-hydrogen) atoms. The van der Waals surface area contributed by atoms with Gasteiger partial charge in [0.25, 0.3) is 5.78 Å². The van der Waals surface area contributed by atoms with E-state index in [9.17, 15) is 14.7 Å². The number of amides is 1. The number of ketones is 1. The van der Waals surface area contributed by atoms with Crippen LogP contribution >= 0.6 is 22.9 Å². The average Bonchev–Trinajstić information content (AvgIpc) is 3.56. The van der Waals surface area contributed by atoms with Crippen LogP contribution in [0.3, 0.4) is 0 Å². The summed E-state index contributed by atoms with van der Waals surface area (Å²) in [5.74, 6) is -0.690. The molecule has 1 saturated heterocycles. The van der Waals surface area contributed by atoms with Crippen molar-refractivity contribution in [2.24, 2.45) is 0 Å². The molecule has 1 aromatic heterocycles. The number of rotatable bonds is 9. The number of benzene rings is 4. The molecule has 0 bridgehead atoms. The first-order valence-electron chi connectivity index (χ1n) is 13.8. The Morgan fingerprint density at radius 3 is 2.49 bits per heavy atom. The number of aliphatic hydroxyl groups excluding tert-OH is 1. The van der Waals surface area contributed by atoms with E-state index >= 15 is 0 Å². The fraction of sp³-hybridized carbons (Fsp3) is 0.147. The Bertz CT molecular complexity index is 1840. The molecule has 0 radical (unpaired) electrons. The monoisotopic (exact) mass is 610 g/mol. The van der Waals surface area contributed by atoms with Crippen molar-refractivity contribution in [1.82, 2.24) is 4.98 Å². The SMILES string of the molecule is CCCOc1cccc(C(O)=C2C(=O)C(=O)N(c3nc4ccc(Cl)cc4s3)C2c2ccc(OCc3ccccc3)cc2)c1. The van der Waals surface area contributed by atoms with E-state index in [2.05, 4.69) is 4.98 Å². The molecule has 7 nitrogen and oxygen atoms in total. The van der Waals surface area contributed by atoms with Crippen LogP contribution in [0, 0.1) is 0 Å². The Morgan fingerprint density at radius 1 is 0.930 bits per heavy atom. The van der Waals surface area contributed by atoms with Gasteiger partial charge in [-0.05, 0) is 60.0 Å². The van der Waals surface area contributed by atoms with E-state index in [1.165, 1.54) is 16.2 Å². The lowest BCUT2D eigenvalue weighted by Gasteiger charge is -2.23.